The SMILES string of the molecule is COc1ncc(F)cc1S(=O)(=O)Nc1cc(F)cc(-c2ccc3c(C(=O)N[C@@H]4CCN(C)C4)n[nH]c3c2F)c1F. The lowest BCUT2D eigenvalue weighted by Crippen LogP contribution is -2.36. The van der Waals surface area contributed by atoms with Crippen LogP contribution >= 0.6 is 0 Å². The van der Waals surface area contributed by atoms with Gasteiger partial charge in [-0.15, -0.1) is 0 Å². The smallest absolute Gasteiger partial charge is 0.272 e. The van der Waals surface area contributed by atoms with Gasteiger partial charge in [0.25, 0.3) is 15.9 Å². The fourth-order valence-electron chi connectivity index (χ4n) is 4.56. The van der Waals surface area contributed by atoms with Gasteiger partial charge >= 0.3 is 0 Å². The molecule has 40 heavy (non-hydrogen) atoms. The van der Waals surface area contributed by atoms with Crippen LogP contribution in [0.5, 0.6) is 5.88 Å². The van der Waals surface area contributed by atoms with Gasteiger partial charge in [-0.3, -0.25) is 14.6 Å². The quantitative estimate of drug-likeness (QED) is 0.287. The van der Waals surface area contributed by atoms with Gasteiger partial charge in [0.05, 0.1) is 19.0 Å². The number of hydrogen-bond donors (Lipinski definition) is 3. The van der Waals surface area contributed by atoms with Crippen LogP contribution < -0.4 is 14.8 Å². The first-order valence-electron chi connectivity index (χ1n) is 11.9. The normalized spacial score (nSPS) is 15.9. The van der Waals surface area contributed by atoms with Crippen LogP contribution in [0.2, 0.25) is 0 Å². The van der Waals surface area contributed by atoms with Crippen LogP contribution in [0.3, 0.4) is 0 Å². The number of pyridine rings is 1. The number of aromatic nitrogens is 3. The van der Waals surface area contributed by atoms with Crippen molar-refractivity contribution in [1.29, 1.82) is 0 Å². The molecule has 10 nitrogen and oxygen atoms in total. The van der Waals surface area contributed by atoms with E-state index in [1.807, 2.05) is 16.7 Å². The maximum absolute atomic E-state index is 15.6. The van der Waals surface area contributed by atoms with Crippen molar-refractivity contribution in [3.8, 4) is 17.0 Å². The summed E-state index contributed by atoms with van der Waals surface area (Å²) >= 11 is 0. The number of hydrogen-bond acceptors (Lipinski definition) is 7. The molecule has 0 saturated carbocycles. The number of methoxy groups -OCH3 is 1. The molecule has 15 heteroatoms. The molecular weight excluding hydrogens is 556 g/mol. The summed E-state index contributed by atoms with van der Waals surface area (Å²) in [6.45, 7) is 1.47. The van der Waals surface area contributed by atoms with Gasteiger partial charge in [-0.2, -0.15) is 5.10 Å². The number of fused-ring (bicyclic) bond motifs is 1. The average molecular weight is 579 g/mol. The standard InChI is InChI=1S/C25H22F4N6O4S/c1-35-6-5-14(11-35)31-24(36)23-16-4-3-15(21(29)22(16)32-33-23)17-7-12(26)8-18(20(17)28)34-40(37,38)19-9-13(27)10-30-25(19)39-2/h3-4,7-10,14,34H,5-6,11H2,1-2H3,(H,31,36)(H,32,33)/t14-/m1/s1. The molecule has 5 rings (SSSR count). The molecule has 4 aromatic rings. The molecule has 1 aliphatic heterocycles. The molecule has 0 spiro atoms. The molecule has 0 bridgehead atoms. The molecule has 1 amide bonds. The fourth-order valence-corrected chi connectivity index (χ4v) is 5.74. The summed E-state index contributed by atoms with van der Waals surface area (Å²) in [5.74, 6) is -5.46. The van der Waals surface area contributed by atoms with Gasteiger partial charge in [0.1, 0.15) is 17.2 Å². The maximum Gasteiger partial charge on any atom is 0.272 e. The molecule has 0 aliphatic carbocycles. The van der Waals surface area contributed by atoms with Crippen molar-refractivity contribution in [2.75, 3.05) is 32.0 Å². The molecule has 0 radical (unpaired) electrons. The van der Waals surface area contributed by atoms with E-state index >= 15 is 8.78 Å². The maximum atomic E-state index is 15.6. The van der Waals surface area contributed by atoms with E-state index in [4.69, 9.17) is 4.74 Å². The van der Waals surface area contributed by atoms with Gasteiger partial charge in [-0.1, -0.05) is 6.07 Å². The highest BCUT2D eigenvalue weighted by molar-refractivity contribution is 7.92. The topological polar surface area (TPSA) is 129 Å². The second-order valence-electron chi connectivity index (χ2n) is 9.22. The number of anilines is 1. The first kappa shape index (κ1) is 27.3. The Morgan fingerprint density at radius 3 is 2.58 bits per heavy atom. The van der Waals surface area contributed by atoms with E-state index in [2.05, 4.69) is 20.5 Å². The summed E-state index contributed by atoms with van der Waals surface area (Å²) < 4.78 is 91.8. The Morgan fingerprint density at radius 2 is 1.88 bits per heavy atom. The van der Waals surface area contributed by atoms with Crippen LogP contribution in [-0.4, -0.2) is 67.7 Å². The van der Waals surface area contributed by atoms with Crippen molar-refractivity contribution in [3.05, 3.63) is 65.5 Å². The number of nitrogens with zero attached hydrogens (tertiary/aromatic N) is 3. The molecule has 2 aromatic carbocycles. The van der Waals surface area contributed by atoms with Gasteiger partial charge in [0, 0.05) is 41.2 Å². The zero-order chi connectivity index (χ0) is 28.8. The lowest BCUT2D eigenvalue weighted by atomic mass is 10.0. The molecule has 0 unspecified atom stereocenters. The Balaban J connectivity index is 1.50. The minimum Gasteiger partial charge on any atom is -0.480 e. The minimum absolute atomic E-state index is 0.0687. The van der Waals surface area contributed by atoms with Crippen LogP contribution in [0.4, 0.5) is 23.2 Å². The van der Waals surface area contributed by atoms with Crippen molar-refractivity contribution in [1.82, 2.24) is 25.4 Å². The number of nitrogens with one attached hydrogen (secondary N) is 3. The van der Waals surface area contributed by atoms with E-state index in [1.165, 1.54) is 6.07 Å². The van der Waals surface area contributed by atoms with Gasteiger partial charge in [0.2, 0.25) is 5.88 Å². The molecule has 1 fully saturated rings. The number of carbonyl (C=O) groups excluding carboxylic acids is 1. The number of likely N-dealkylation sites (N-methyl/N-ethyl adjacent to an activating group) is 1. The van der Waals surface area contributed by atoms with Crippen molar-refractivity contribution >= 4 is 32.5 Å². The van der Waals surface area contributed by atoms with E-state index in [1.54, 1.807) is 0 Å². The van der Waals surface area contributed by atoms with Crippen LogP contribution in [0.25, 0.3) is 22.0 Å². The van der Waals surface area contributed by atoms with E-state index in [0.29, 0.717) is 24.7 Å². The number of amides is 1. The van der Waals surface area contributed by atoms with Gasteiger partial charge in [-0.25, -0.2) is 31.0 Å². The highest BCUT2D eigenvalue weighted by Gasteiger charge is 2.27. The van der Waals surface area contributed by atoms with E-state index in [9.17, 15) is 22.0 Å². The summed E-state index contributed by atoms with van der Waals surface area (Å²) in [7, 11) is -1.71. The third kappa shape index (κ3) is 5.04. The van der Waals surface area contributed by atoms with Gasteiger partial charge < -0.3 is 15.0 Å². The molecule has 3 N–H and O–H groups in total. The van der Waals surface area contributed by atoms with Crippen molar-refractivity contribution in [3.63, 3.8) is 0 Å². The molecule has 1 aliphatic rings. The van der Waals surface area contributed by atoms with Crippen molar-refractivity contribution in [2.24, 2.45) is 0 Å². The van der Waals surface area contributed by atoms with E-state index in [-0.39, 0.29) is 22.6 Å². The summed E-state index contributed by atoms with van der Waals surface area (Å²) in [6, 6.07) is 4.18. The number of sulfonamides is 1. The van der Waals surface area contributed by atoms with Crippen LogP contribution in [-0.2, 0) is 10.0 Å². The second kappa shape index (κ2) is 10.4. The number of rotatable bonds is 7. The lowest BCUT2D eigenvalue weighted by Gasteiger charge is -2.14. The number of likely N-dealkylation sites (tertiary alicyclic amines) is 1. The van der Waals surface area contributed by atoms with Crippen LogP contribution in [0.1, 0.15) is 16.9 Å². The summed E-state index contributed by atoms with van der Waals surface area (Å²) in [5.41, 5.74) is -2.21. The Hall–Kier alpha value is -4.24. The highest BCUT2D eigenvalue weighted by Crippen LogP contribution is 2.35. The highest BCUT2D eigenvalue weighted by atomic mass is 32.2. The monoisotopic (exact) mass is 578 g/mol. The minimum atomic E-state index is -4.72. The molecule has 210 valence electrons. The predicted octanol–water partition coefficient (Wildman–Crippen LogP) is 3.42. The first-order valence-corrected chi connectivity index (χ1v) is 13.3. The van der Waals surface area contributed by atoms with Gasteiger partial charge in [0.15, 0.2) is 22.2 Å². The Bertz CT molecular complexity index is 1750. The number of benzene rings is 2. The first-order chi connectivity index (χ1) is 19.0. The molecule has 3 heterocycles. The third-order valence-electron chi connectivity index (χ3n) is 6.46. The molecular formula is C25H22F4N6O4S. The number of ether oxygens (including phenoxy) is 1. The van der Waals surface area contributed by atoms with E-state index in [0.717, 1.165) is 32.3 Å². The van der Waals surface area contributed by atoms with E-state index < -0.39 is 66.8 Å². The number of carbonyl (C=O) groups is 1. The summed E-state index contributed by atoms with van der Waals surface area (Å²) in [4.78, 5) is 17.6. The third-order valence-corrected chi connectivity index (χ3v) is 7.82. The zero-order valence-electron chi connectivity index (χ0n) is 21.1. The Morgan fingerprint density at radius 1 is 1.10 bits per heavy atom. The Kier molecular flexibility index (Phi) is 7.10. The van der Waals surface area contributed by atoms with Crippen LogP contribution in [0, 0.1) is 23.3 Å². The van der Waals surface area contributed by atoms with Crippen LogP contribution in [0.15, 0.2) is 41.4 Å². The molecule has 2 aromatic heterocycles. The predicted molar refractivity (Wildman–Crippen MR) is 136 cm³/mol. The number of aromatic amines is 1. The zero-order valence-corrected chi connectivity index (χ0v) is 21.9. The summed E-state index contributed by atoms with van der Waals surface area (Å²) in [5, 5.41) is 9.31. The Labute approximate surface area is 225 Å². The summed E-state index contributed by atoms with van der Waals surface area (Å²) in [6.07, 6.45) is 1.46. The molecule has 1 atom stereocenters. The van der Waals surface area contributed by atoms with Gasteiger partial charge in [-0.05, 0) is 32.1 Å². The second-order valence-corrected chi connectivity index (χ2v) is 10.9. The lowest BCUT2D eigenvalue weighted by molar-refractivity contribution is 0.0935. The van der Waals surface area contributed by atoms with Crippen molar-refractivity contribution in [2.45, 2.75) is 17.4 Å². The number of H-pyrrole nitrogens is 1. The largest absolute Gasteiger partial charge is 0.480 e. The fraction of sp³-hybridized carbons (Fsp3) is 0.240. The van der Waals surface area contributed by atoms with Crippen molar-refractivity contribution < 1.29 is 35.5 Å². The molecule has 1 saturated heterocycles. The average Bonchev–Trinajstić information content (AvgIpc) is 3.52. The number of halogens is 4.